The van der Waals surface area contributed by atoms with Gasteiger partial charge < -0.3 is 10.6 Å². The van der Waals surface area contributed by atoms with Gasteiger partial charge in [0.2, 0.25) is 0 Å². The van der Waals surface area contributed by atoms with Gasteiger partial charge in [-0.1, -0.05) is 18.6 Å². The number of amides is 1. The molecule has 1 amide bonds. The van der Waals surface area contributed by atoms with Gasteiger partial charge in [-0.25, -0.2) is 4.98 Å². The van der Waals surface area contributed by atoms with Crippen molar-refractivity contribution in [3.05, 3.63) is 29.2 Å². The summed E-state index contributed by atoms with van der Waals surface area (Å²) in [4.78, 5) is 16.5. The topological polar surface area (TPSA) is 108 Å². The lowest BCUT2D eigenvalue weighted by Crippen LogP contribution is -2.24. The predicted molar refractivity (Wildman–Crippen MR) is 73.1 cm³/mol. The molecule has 3 N–H and O–H groups in total. The number of H-pyrrole nitrogens is 1. The summed E-state index contributed by atoms with van der Waals surface area (Å²) >= 11 is 0. The number of aryl methyl sites for hydroxylation is 1. The quantitative estimate of drug-likeness (QED) is 0.709. The number of hydrogen-bond acceptors (Lipinski definition) is 6. The van der Waals surface area contributed by atoms with E-state index in [1.54, 1.807) is 19.2 Å². The highest BCUT2D eigenvalue weighted by Gasteiger charge is 2.10. The third-order valence-corrected chi connectivity index (χ3v) is 2.70. The van der Waals surface area contributed by atoms with E-state index in [0.717, 1.165) is 18.5 Å². The number of pyridine rings is 1. The summed E-state index contributed by atoms with van der Waals surface area (Å²) in [6.07, 6.45) is 1.81. The molecule has 2 rings (SSSR count). The predicted octanol–water partition coefficient (Wildman–Crippen LogP) is 0.519. The molecule has 0 unspecified atom stereocenters. The van der Waals surface area contributed by atoms with Crippen molar-refractivity contribution in [3.8, 4) is 0 Å². The number of rotatable bonds is 6. The number of carbonyl (C=O) groups excluding carboxylic acids is 1. The molecule has 0 aliphatic carbocycles. The van der Waals surface area contributed by atoms with Gasteiger partial charge in [0.25, 0.3) is 5.91 Å². The molecule has 0 radical (unpaired) electrons. The standard InChI is InChI=1S/C12H17N7O/c1-3-4-9-5-8(6-10(13-2)15-9)12(20)14-7-11-16-18-19-17-11/h5-6H,3-4,7H2,1-2H3,(H,13,15)(H,14,20)(H,16,17,18,19). The van der Waals surface area contributed by atoms with Crippen molar-refractivity contribution in [2.45, 2.75) is 26.3 Å². The molecule has 0 spiro atoms. The Morgan fingerprint density at radius 2 is 2.25 bits per heavy atom. The summed E-state index contributed by atoms with van der Waals surface area (Å²) in [6, 6.07) is 3.51. The van der Waals surface area contributed by atoms with Crippen LogP contribution in [0, 0.1) is 0 Å². The maximum absolute atomic E-state index is 12.1. The van der Waals surface area contributed by atoms with Crippen LogP contribution in [0.5, 0.6) is 0 Å². The normalized spacial score (nSPS) is 10.3. The first-order chi connectivity index (χ1) is 9.72. The SMILES string of the molecule is CCCc1cc(C(=O)NCc2nn[nH]n2)cc(NC)n1. The number of carbonyl (C=O) groups is 1. The van der Waals surface area contributed by atoms with Gasteiger partial charge in [0.05, 0.1) is 6.54 Å². The third-order valence-electron chi connectivity index (χ3n) is 2.70. The fourth-order valence-electron chi connectivity index (χ4n) is 1.75. The van der Waals surface area contributed by atoms with E-state index in [4.69, 9.17) is 0 Å². The van der Waals surface area contributed by atoms with Crippen molar-refractivity contribution < 1.29 is 4.79 Å². The first-order valence-corrected chi connectivity index (χ1v) is 6.42. The molecule has 8 heteroatoms. The fourth-order valence-corrected chi connectivity index (χ4v) is 1.75. The van der Waals surface area contributed by atoms with Crippen LogP contribution in [0.2, 0.25) is 0 Å². The van der Waals surface area contributed by atoms with E-state index in [1.165, 1.54) is 0 Å². The molecule has 0 saturated carbocycles. The maximum atomic E-state index is 12.1. The first kappa shape index (κ1) is 13.9. The highest BCUT2D eigenvalue weighted by molar-refractivity contribution is 5.94. The molecule has 8 nitrogen and oxygen atoms in total. The van der Waals surface area contributed by atoms with E-state index in [1.807, 2.05) is 0 Å². The average Bonchev–Trinajstić information content (AvgIpc) is 2.98. The van der Waals surface area contributed by atoms with E-state index in [2.05, 4.69) is 43.2 Å². The molecule has 2 aromatic heterocycles. The molecule has 20 heavy (non-hydrogen) atoms. The van der Waals surface area contributed by atoms with Gasteiger partial charge >= 0.3 is 0 Å². The van der Waals surface area contributed by atoms with Crippen molar-refractivity contribution in [3.63, 3.8) is 0 Å². The largest absolute Gasteiger partial charge is 0.373 e. The number of aromatic amines is 1. The van der Waals surface area contributed by atoms with Crippen LogP contribution >= 0.6 is 0 Å². The molecule has 2 aromatic rings. The zero-order valence-electron chi connectivity index (χ0n) is 11.5. The van der Waals surface area contributed by atoms with E-state index in [9.17, 15) is 4.79 Å². The van der Waals surface area contributed by atoms with Gasteiger partial charge in [-0.3, -0.25) is 4.79 Å². The number of nitrogens with one attached hydrogen (secondary N) is 3. The van der Waals surface area contributed by atoms with Crippen LogP contribution in [-0.2, 0) is 13.0 Å². The van der Waals surface area contributed by atoms with Crippen molar-refractivity contribution >= 4 is 11.7 Å². The lowest BCUT2D eigenvalue weighted by molar-refractivity contribution is 0.0949. The monoisotopic (exact) mass is 275 g/mol. The van der Waals surface area contributed by atoms with E-state index in [0.29, 0.717) is 17.2 Å². The molecule has 0 atom stereocenters. The van der Waals surface area contributed by atoms with E-state index >= 15 is 0 Å². The van der Waals surface area contributed by atoms with Crippen LogP contribution in [0.1, 0.15) is 35.2 Å². The molecule has 0 saturated heterocycles. The Hall–Kier alpha value is -2.51. The summed E-state index contributed by atoms with van der Waals surface area (Å²) in [6.45, 7) is 2.30. The Labute approximate surface area is 116 Å². The van der Waals surface area contributed by atoms with Gasteiger partial charge in [-0.2, -0.15) is 5.21 Å². The van der Waals surface area contributed by atoms with Crippen LogP contribution in [-0.4, -0.2) is 38.6 Å². The molecular weight excluding hydrogens is 258 g/mol. The number of aromatic nitrogens is 5. The second-order valence-corrected chi connectivity index (χ2v) is 4.24. The van der Waals surface area contributed by atoms with Gasteiger partial charge in [0.1, 0.15) is 5.82 Å². The zero-order valence-corrected chi connectivity index (χ0v) is 11.5. The van der Waals surface area contributed by atoms with E-state index < -0.39 is 0 Å². The minimum absolute atomic E-state index is 0.189. The van der Waals surface area contributed by atoms with Crippen molar-refractivity contribution in [1.82, 2.24) is 30.9 Å². The second-order valence-electron chi connectivity index (χ2n) is 4.24. The molecule has 0 bridgehead atoms. The second kappa shape index (κ2) is 6.60. The lowest BCUT2D eigenvalue weighted by atomic mass is 10.1. The van der Waals surface area contributed by atoms with Crippen LogP contribution < -0.4 is 10.6 Å². The number of hydrogen-bond donors (Lipinski definition) is 3. The maximum Gasteiger partial charge on any atom is 0.251 e. The average molecular weight is 275 g/mol. The Kier molecular flexibility index (Phi) is 4.59. The third kappa shape index (κ3) is 3.50. The van der Waals surface area contributed by atoms with Gasteiger partial charge in [0.15, 0.2) is 5.82 Å². The van der Waals surface area contributed by atoms with Crippen LogP contribution in [0.3, 0.4) is 0 Å². The Morgan fingerprint density at radius 1 is 1.40 bits per heavy atom. The van der Waals surface area contributed by atoms with Gasteiger partial charge in [-0.15, -0.1) is 10.2 Å². The molecule has 0 fully saturated rings. The van der Waals surface area contributed by atoms with Crippen LogP contribution in [0.25, 0.3) is 0 Å². The zero-order chi connectivity index (χ0) is 14.4. The van der Waals surface area contributed by atoms with Crippen LogP contribution in [0.15, 0.2) is 12.1 Å². The van der Waals surface area contributed by atoms with Crippen molar-refractivity contribution in [2.75, 3.05) is 12.4 Å². The summed E-state index contributed by atoms with van der Waals surface area (Å²) in [5.74, 6) is 0.932. The molecule has 106 valence electrons. The fraction of sp³-hybridized carbons (Fsp3) is 0.417. The number of tetrazole rings is 1. The lowest BCUT2D eigenvalue weighted by Gasteiger charge is -2.08. The Balaban J connectivity index is 2.09. The molecule has 0 aromatic carbocycles. The molecule has 0 aliphatic heterocycles. The smallest absolute Gasteiger partial charge is 0.251 e. The molecule has 0 aliphatic rings. The van der Waals surface area contributed by atoms with Gasteiger partial charge in [0, 0.05) is 18.3 Å². The summed E-state index contributed by atoms with van der Waals surface area (Å²) in [5.41, 5.74) is 1.46. The Morgan fingerprint density at radius 3 is 2.90 bits per heavy atom. The van der Waals surface area contributed by atoms with Crippen LogP contribution in [0.4, 0.5) is 5.82 Å². The van der Waals surface area contributed by atoms with Crippen molar-refractivity contribution in [2.24, 2.45) is 0 Å². The number of anilines is 1. The summed E-state index contributed by atoms with van der Waals surface area (Å²) in [5, 5.41) is 19.0. The first-order valence-electron chi connectivity index (χ1n) is 6.42. The highest BCUT2D eigenvalue weighted by atomic mass is 16.1. The molecule has 2 heterocycles. The molecular formula is C12H17N7O. The summed E-state index contributed by atoms with van der Waals surface area (Å²) < 4.78 is 0. The van der Waals surface area contributed by atoms with E-state index in [-0.39, 0.29) is 12.5 Å². The number of nitrogens with zero attached hydrogens (tertiary/aromatic N) is 4. The van der Waals surface area contributed by atoms with Gasteiger partial charge in [-0.05, 0) is 18.6 Å². The van der Waals surface area contributed by atoms with Crippen molar-refractivity contribution in [1.29, 1.82) is 0 Å². The minimum Gasteiger partial charge on any atom is -0.373 e. The Bertz CT molecular complexity index is 567. The summed E-state index contributed by atoms with van der Waals surface area (Å²) in [7, 11) is 1.78. The highest BCUT2D eigenvalue weighted by Crippen LogP contribution is 2.12. The minimum atomic E-state index is -0.189.